The van der Waals surface area contributed by atoms with Crippen molar-refractivity contribution < 1.29 is 0 Å². The fourth-order valence-corrected chi connectivity index (χ4v) is 4.80. The van der Waals surface area contributed by atoms with Crippen molar-refractivity contribution in [1.82, 2.24) is 0 Å². The first kappa shape index (κ1) is 29.4. The smallest absolute Gasteiger partial charge is 0.0464 e. The van der Waals surface area contributed by atoms with Crippen molar-refractivity contribution in [3.8, 4) is 0 Å². The van der Waals surface area contributed by atoms with Crippen molar-refractivity contribution in [1.29, 1.82) is 0 Å². The molecule has 212 valence electrons. The van der Waals surface area contributed by atoms with Gasteiger partial charge in [-0.15, -0.1) is 0 Å². The van der Waals surface area contributed by atoms with Crippen LogP contribution < -0.4 is 4.90 Å². The Kier molecular flexibility index (Phi) is 9.67. The molecule has 0 saturated heterocycles. The Morgan fingerprint density at radius 2 is 0.674 bits per heavy atom. The van der Waals surface area contributed by atoms with Crippen molar-refractivity contribution in [2.45, 2.75) is 27.7 Å². The summed E-state index contributed by atoms with van der Waals surface area (Å²) in [5.74, 6) is 0. The van der Waals surface area contributed by atoms with E-state index in [1.807, 2.05) is 0 Å². The lowest BCUT2D eigenvalue weighted by Crippen LogP contribution is -2.10. The molecule has 5 aromatic carbocycles. The Labute approximate surface area is 257 Å². The van der Waals surface area contributed by atoms with Crippen molar-refractivity contribution in [2.75, 3.05) is 4.90 Å². The summed E-state index contributed by atoms with van der Waals surface area (Å²) < 4.78 is 0. The maximum atomic E-state index is 2.32. The molecule has 0 amide bonds. The van der Waals surface area contributed by atoms with E-state index in [4.69, 9.17) is 0 Å². The van der Waals surface area contributed by atoms with E-state index in [1.165, 1.54) is 33.4 Å². The highest BCUT2D eigenvalue weighted by atomic mass is 15.1. The van der Waals surface area contributed by atoms with Gasteiger partial charge in [-0.05, 0) is 97.5 Å². The van der Waals surface area contributed by atoms with E-state index in [9.17, 15) is 0 Å². The van der Waals surface area contributed by atoms with Crippen molar-refractivity contribution in [3.63, 3.8) is 0 Å². The molecule has 0 aliphatic rings. The zero-order chi connectivity index (χ0) is 30.0. The van der Waals surface area contributed by atoms with Crippen molar-refractivity contribution in [2.24, 2.45) is 0 Å². The average Bonchev–Trinajstić information content (AvgIpc) is 3.02. The fraction of sp³-hybridized carbons (Fsp3) is 0.0952. The van der Waals surface area contributed by atoms with Gasteiger partial charge < -0.3 is 4.90 Å². The molecule has 0 heterocycles. The van der Waals surface area contributed by atoms with Crippen LogP contribution in [0.4, 0.5) is 17.1 Å². The SMILES string of the molecule is Cc1ccc(/C=C/C=C/c2ccc(N(c3ccc(/C=C/C=C/c4ccc(C)cc4)cc3)c3ccc(C)c(C)c3)cc2)cc1. The lowest BCUT2D eigenvalue weighted by atomic mass is 10.1. The van der Waals surface area contributed by atoms with Gasteiger partial charge in [-0.1, -0.05) is 139 Å². The molecule has 0 aliphatic carbocycles. The molecule has 0 atom stereocenters. The van der Waals surface area contributed by atoms with E-state index in [-0.39, 0.29) is 0 Å². The third-order valence-electron chi connectivity index (χ3n) is 7.58. The zero-order valence-electron chi connectivity index (χ0n) is 25.5. The van der Waals surface area contributed by atoms with Crippen LogP contribution in [0, 0.1) is 27.7 Å². The number of benzene rings is 5. The minimum absolute atomic E-state index is 1.12. The van der Waals surface area contributed by atoms with Gasteiger partial charge in [0.2, 0.25) is 0 Å². The molecule has 43 heavy (non-hydrogen) atoms. The third kappa shape index (κ3) is 8.21. The normalized spacial score (nSPS) is 11.8. The van der Waals surface area contributed by atoms with E-state index in [0.717, 1.165) is 28.2 Å². The van der Waals surface area contributed by atoms with Gasteiger partial charge >= 0.3 is 0 Å². The summed E-state index contributed by atoms with van der Waals surface area (Å²) in [5.41, 5.74) is 13.3. The molecule has 5 rings (SSSR count). The highest BCUT2D eigenvalue weighted by Crippen LogP contribution is 2.35. The van der Waals surface area contributed by atoms with Crippen LogP contribution in [0.1, 0.15) is 44.5 Å². The Balaban J connectivity index is 1.34. The molecule has 0 bridgehead atoms. The lowest BCUT2D eigenvalue weighted by molar-refractivity contribution is 1.25. The van der Waals surface area contributed by atoms with Gasteiger partial charge in [0.05, 0.1) is 0 Å². The maximum absolute atomic E-state index is 2.32. The molecule has 1 heteroatoms. The van der Waals surface area contributed by atoms with Crippen LogP contribution in [0.5, 0.6) is 0 Å². The van der Waals surface area contributed by atoms with Gasteiger partial charge in [0, 0.05) is 17.1 Å². The van der Waals surface area contributed by atoms with E-state index in [0.29, 0.717) is 0 Å². The van der Waals surface area contributed by atoms with Crippen LogP contribution in [0.25, 0.3) is 24.3 Å². The van der Waals surface area contributed by atoms with Gasteiger partial charge in [-0.3, -0.25) is 0 Å². The summed E-state index contributed by atoms with van der Waals surface area (Å²) in [6.07, 6.45) is 16.9. The highest BCUT2D eigenvalue weighted by Gasteiger charge is 2.13. The monoisotopic (exact) mass is 557 g/mol. The molecular formula is C42H39N. The van der Waals surface area contributed by atoms with Crippen molar-refractivity contribution in [3.05, 3.63) is 184 Å². The number of rotatable bonds is 9. The molecule has 0 aliphatic heterocycles. The molecule has 0 aromatic heterocycles. The first-order valence-corrected chi connectivity index (χ1v) is 14.8. The largest absolute Gasteiger partial charge is 0.310 e. The minimum atomic E-state index is 1.12. The van der Waals surface area contributed by atoms with Crippen LogP contribution in [-0.4, -0.2) is 0 Å². The number of anilines is 3. The second-order valence-corrected chi connectivity index (χ2v) is 11.0. The summed E-state index contributed by atoms with van der Waals surface area (Å²) in [5, 5.41) is 0. The lowest BCUT2D eigenvalue weighted by Gasteiger charge is -2.26. The second kappa shape index (κ2) is 14.2. The van der Waals surface area contributed by atoms with Gasteiger partial charge in [0.1, 0.15) is 0 Å². The number of nitrogens with zero attached hydrogens (tertiary/aromatic N) is 1. The van der Waals surface area contributed by atoms with Gasteiger partial charge in [0.25, 0.3) is 0 Å². The van der Waals surface area contributed by atoms with Gasteiger partial charge in [0.15, 0.2) is 0 Å². The molecule has 0 N–H and O–H groups in total. The first-order valence-electron chi connectivity index (χ1n) is 14.8. The van der Waals surface area contributed by atoms with Crippen LogP contribution >= 0.6 is 0 Å². The van der Waals surface area contributed by atoms with E-state index < -0.39 is 0 Å². The summed E-state index contributed by atoms with van der Waals surface area (Å²) in [4.78, 5) is 2.32. The maximum Gasteiger partial charge on any atom is 0.0464 e. The Morgan fingerprint density at radius 3 is 1.02 bits per heavy atom. The Bertz CT molecular complexity index is 1640. The molecule has 0 fully saturated rings. The predicted octanol–water partition coefficient (Wildman–Crippen LogP) is 11.8. The standard InChI is InChI=1S/C42H39N/c1-32-13-18-36(19-14-32)9-5-7-11-38-22-27-40(28-23-38)43(42-26-17-34(3)35(4)31-42)41-29-24-39(25-30-41)12-8-6-10-37-20-15-33(2)16-21-37/h5-31H,1-4H3/b9-5+,10-6+,11-7+,12-8+. The molecule has 0 spiro atoms. The summed E-state index contributed by atoms with van der Waals surface area (Å²) in [6, 6.07) is 41.3. The quantitative estimate of drug-likeness (QED) is 0.163. The third-order valence-corrected chi connectivity index (χ3v) is 7.58. The second-order valence-electron chi connectivity index (χ2n) is 11.0. The van der Waals surface area contributed by atoms with Gasteiger partial charge in [-0.25, -0.2) is 0 Å². The topological polar surface area (TPSA) is 3.24 Å². The molecule has 0 saturated carbocycles. The highest BCUT2D eigenvalue weighted by molar-refractivity contribution is 5.78. The molecule has 0 radical (unpaired) electrons. The fourth-order valence-electron chi connectivity index (χ4n) is 4.80. The van der Waals surface area contributed by atoms with Crippen molar-refractivity contribution >= 4 is 41.4 Å². The van der Waals surface area contributed by atoms with Gasteiger partial charge in [-0.2, -0.15) is 0 Å². The number of allylic oxidation sites excluding steroid dienone is 4. The molecule has 1 nitrogen and oxygen atoms in total. The van der Waals surface area contributed by atoms with E-state index in [1.54, 1.807) is 0 Å². The van der Waals surface area contributed by atoms with Crippen LogP contribution in [0.2, 0.25) is 0 Å². The Morgan fingerprint density at radius 1 is 0.349 bits per heavy atom. The van der Waals surface area contributed by atoms with Crippen LogP contribution in [0.3, 0.4) is 0 Å². The van der Waals surface area contributed by atoms with E-state index in [2.05, 4.69) is 196 Å². The number of hydrogen-bond donors (Lipinski definition) is 0. The average molecular weight is 558 g/mol. The van der Waals surface area contributed by atoms with E-state index >= 15 is 0 Å². The molecule has 5 aromatic rings. The minimum Gasteiger partial charge on any atom is -0.310 e. The summed E-state index contributed by atoms with van der Waals surface area (Å²) in [7, 11) is 0. The summed E-state index contributed by atoms with van der Waals surface area (Å²) in [6.45, 7) is 8.55. The first-order chi connectivity index (χ1) is 20.9. The molecular weight excluding hydrogens is 518 g/mol. The zero-order valence-corrected chi connectivity index (χ0v) is 25.5. The number of hydrogen-bond acceptors (Lipinski definition) is 1. The Hall–Kier alpha value is -5.14. The van der Waals surface area contributed by atoms with Crippen LogP contribution in [-0.2, 0) is 0 Å². The summed E-state index contributed by atoms with van der Waals surface area (Å²) >= 11 is 0. The number of aryl methyl sites for hydroxylation is 4. The predicted molar refractivity (Wildman–Crippen MR) is 189 cm³/mol. The van der Waals surface area contributed by atoms with Crippen LogP contribution in [0.15, 0.2) is 140 Å². The molecule has 0 unspecified atom stereocenters.